The van der Waals surface area contributed by atoms with Gasteiger partial charge in [-0.05, 0) is 6.07 Å². The molecular formula is C10H8BrClO2. The SMILES string of the molecule is C=Cc1cc(C(=O)CBr)oc1C(=C)Cl. The average Bonchev–Trinajstić information content (AvgIpc) is 2.60. The van der Waals surface area contributed by atoms with Crippen LogP contribution in [0.25, 0.3) is 11.1 Å². The second-order valence-corrected chi connectivity index (χ2v) is 3.58. The average molecular weight is 276 g/mol. The molecular weight excluding hydrogens is 267 g/mol. The Balaban J connectivity index is 3.19. The molecule has 0 spiro atoms. The Hall–Kier alpha value is -0.800. The summed E-state index contributed by atoms with van der Waals surface area (Å²) in [5, 5.41) is 0.471. The smallest absolute Gasteiger partial charge is 0.208 e. The van der Waals surface area contributed by atoms with E-state index >= 15 is 0 Å². The lowest BCUT2D eigenvalue weighted by Gasteiger charge is -1.92. The largest absolute Gasteiger partial charge is 0.451 e. The van der Waals surface area contributed by atoms with Crippen LogP contribution in [0.3, 0.4) is 0 Å². The minimum atomic E-state index is -0.141. The van der Waals surface area contributed by atoms with Crippen molar-refractivity contribution in [3.63, 3.8) is 0 Å². The Morgan fingerprint density at radius 3 is 2.71 bits per heavy atom. The Labute approximate surface area is 95.4 Å². The first-order valence-electron chi connectivity index (χ1n) is 3.80. The van der Waals surface area contributed by atoms with Gasteiger partial charge in [0.2, 0.25) is 5.78 Å². The molecule has 1 rings (SSSR count). The molecule has 0 N–H and O–H groups in total. The Morgan fingerprint density at radius 1 is 1.71 bits per heavy atom. The molecule has 14 heavy (non-hydrogen) atoms. The lowest BCUT2D eigenvalue weighted by molar-refractivity contribution is 0.0993. The monoisotopic (exact) mass is 274 g/mol. The zero-order chi connectivity index (χ0) is 10.7. The van der Waals surface area contributed by atoms with Crippen molar-refractivity contribution in [2.45, 2.75) is 0 Å². The predicted molar refractivity (Wildman–Crippen MR) is 61.8 cm³/mol. The summed E-state index contributed by atoms with van der Waals surface area (Å²) in [6.07, 6.45) is 1.57. The number of hydrogen-bond acceptors (Lipinski definition) is 2. The van der Waals surface area contributed by atoms with E-state index in [1.54, 1.807) is 12.1 Å². The van der Waals surface area contributed by atoms with Crippen LogP contribution in [0, 0.1) is 0 Å². The van der Waals surface area contributed by atoms with Crippen molar-refractivity contribution in [1.82, 2.24) is 0 Å². The molecule has 0 bridgehead atoms. The van der Waals surface area contributed by atoms with Gasteiger partial charge in [-0.3, -0.25) is 4.79 Å². The number of carbonyl (C=O) groups is 1. The third-order valence-electron chi connectivity index (χ3n) is 1.62. The van der Waals surface area contributed by atoms with Gasteiger partial charge in [-0.1, -0.05) is 46.8 Å². The molecule has 1 aromatic heterocycles. The number of ketones is 1. The molecule has 0 amide bonds. The summed E-state index contributed by atoms with van der Waals surface area (Å²) in [6.45, 7) is 7.12. The van der Waals surface area contributed by atoms with E-state index in [2.05, 4.69) is 29.1 Å². The molecule has 0 saturated carbocycles. The summed E-state index contributed by atoms with van der Waals surface area (Å²) in [7, 11) is 0. The van der Waals surface area contributed by atoms with E-state index in [1.807, 2.05) is 0 Å². The van der Waals surface area contributed by atoms with Gasteiger partial charge in [-0.15, -0.1) is 0 Å². The van der Waals surface area contributed by atoms with Crippen molar-refractivity contribution in [3.8, 4) is 0 Å². The van der Waals surface area contributed by atoms with Crippen molar-refractivity contribution in [1.29, 1.82) is 0 Å². The van der Waals surface area contributed by atoms with E-state index in [9.17, 15) is 4.79 Å². The van der Waals surface area contributed by atoms with Crippen LogP contribution in [0.2, 0.25) is 0 Å². The van der Waals surface area contributed by atoms with Crippen molar-refractivity contribution >= 4 is 44.4 Å². The topological polar surface area (TPSA) is 30.2 Å². The van der Waals surface area contributed by atoms with Crippen LogP contribution in [0.1, 0.15) is 21.9 Å². The number of Topliss-reactive ketones (excluding diaryl/α,β-unsaturated/α-hetero) is 1. The van der Waals surface area contributed by atoms with Crippen LogP contribution >= 0.6 is 27.5 Å². The molecule has 1 aromatic rings. The standard InChI is InChI=1S/C10H8BrClO2/c1-3-7-4-9(8(13)5-11)14-10(7)6(2)12/h3-4H,1-2,5H2. The first-order valence-corrected chi connectivity index (χ1v) is 5.30. The van der Waals surface area contributed by atoms with Crippen LogP contribution < -0.4 is 0 Å². The molecule has 0 atom stereocenters. The molecule has 0 aromatic carbocycles. The number of carbonyl (C=O) groups excluding carboxylic acids is 1. The van der Waals surface area contributed by atoms with E-state index in [0.717, 1.165) is 0 Å². The first-order chi connectivity index (χ1) is 6.60. The van der Waals surface area contributed by atoms with Gasteiger partial charge in [0.25, 0.3) is 0 Å². The normalized spacial score (nSPS) is 9.86. The van der Waals surface area contributed by atoms with Crippen LogP contribution in [0.15, 0.2) is 23.6 Å². The van der Waals surface area contributed by atoms with E-state index in [0.29, 0.717) is 11.3 Å². The molecule has 74 valence electrons. The summed E-state index contributed by atoms with van der Waals surface area (Å²) in [5.41, 5.74) is 0.675. The molecule has 4 heteroatoms. The minimum absolute atomic E-state index is 0.141. The van der Waals surface area contributed by atoms with Gasteiger partial charge in [0.05, 0.1) is 10.4 Å². The number of halogens is 2. The molecule has 2 nitrogen and oxygen atoms in total. The maximum atomic E-state index is 11.3. The van der Waals surface area contributed by atoms with E-state index in [4.69, 9.17) is 16.0 Å². The minimum Gasteiger partial charge on any atom is -0.451 e. The third kappa shape index (κ3) is 2.16. The zero-order valence-corrected chi connectivity index (χ0v) is 9.69. The predicted octanol–water partition coefficient (Wildman–Crippen LogP) is 3.71. The highest BCUT2D eigenvalue weighted by molar-refractivity contribution is 9.09. The molecule has 0 aliphatic heterocycles. The van der Waals surface area contributed by atoms with Crippen LogP contribution in [-0.2, 0) is 0 Å². The summed E-state index contributed by atoms with van der Waals surface area (Å²) in [5.74, 6) is 0.511. The Bertz CT molecular complexity index is 393. The Morgan fingerprint density at radius 2 is 2.36 bits per heavy atom. The highest BCUT2D eigenvalue weighted by atomic mass is 79.9. The summed E-state index contributed by atoms with van der Waals surface area (Å²) < 4.78 is 5.24. The molecule has 0 unspecified atom stereocenters. The summed E-state index contributed by atoms with van der Waals surface area (Å²) in [4.78, 5) is 11.3. The second kappa shape index (κ2) is 4.62. The highest BCUT2D eigenvalue weighted by Gasteiger charge is 2.15. The number of rotatable bonds is 4. The molecule has 0 aliphatic rings. The summed E-state index contributed by atoms with van der Waals surface area (Å²) in [6, 6.07) is 1.60. The fourth-order valence-electron chi connectivity index (χ4n) is 0.972. The van der Waals surface area contributed by atoms with Gasteiger partial charge >= 0.3 is 0 Å². The van der Waals surface area contributed by atoms with Gasteiger partial charge in [0, 0.05) is 5.56 Å². The van der Waals surface area contributed by atoms with Crippen molar-refractivity contribution in [2.75, 3.05) is 5.33 Å². The lowest BCUT2D eigenvalue weighted by Crippen LogP contribution is -1.96. The van der Waals surface area contributed by atoms with Gasteiger partial charge in [0.15, 0.2) is 11.5 Å². The molecule has 0 saturated heterocycles. The zero-order valence-electron chi connectivity index (χ0n) is 7.35. The molecule has 0 fully saturated rings. The fraction of sp³-hybridized carbons (Fsp3) is 0.100. The van der Waals surface area contributed by atoms with E-state index in [1.165, 1.54) is 0 Å². The van der Waals surface area contributed by atoms with Gasteiger partial charge in [0.1, 0.15) is 0 Å². The molecule has 0 aliphatic carbocycles. The maximum absolute atomic E-state index is 11.3. The van der Waals surface area contributed by atoms with E-state index in [-0.39, 0.29) is 21.9 Å². The van der Waals surface area contributed by atoms with Crippen LogP contribution in [0.5, 0.6) is 0 Å². The number of hydrogen-bond donors (Lipinski definition) is 0. The fourth-order valence-corrected chi connectivity index (χ4v) is 1.40. The lowest BCUT2D eigenvalue weighted by atomic mass is 10.2. The van der Waals surface area contributed by atoms with Crippen molar-refractivity contribution in [2.24, 2.45) is 0 Å². The number of furan rings is 1. The van der Waals surface area contributed by atoms with Crippen LogP contribution in [0.4, 0.5) is 0 Å². The third-order valence-corrected chi connectivity index (χ3v) is 2.30. The second-order valence-electron chi connectivity index (χ2n) is 2.56. The Kier molecular flexibility index (Phi) is 3.72. The quantitative estimate of drug-likeness (QED) is 0.619. The van der Waals surface area contributed by atoms with Gasteiger partial charge in [-0.25, -0.2) is 0 Å². The maximum Gasteiger partial charge on any atom is 0.208 e. The van der Waals surface area contributed by atoms with Gasteiger partial charge in [-0.2, -0.15) is 0 Å². The molecule has 0 radical (unpaired) electrons. The number of alkyl halides is 1. The van der Waals surface area contributed by atoms with Gasteiger partial charge < -0.3 is 4.42 Å². The molecule has 1 heterocycles. The van der Waals surface area contributed by atoms with E-state index < -0.39 is 0 Å². The van der Waals surface area contributed by atoms with Crippen molar-refractivity contribution in [3.05, 3.63) is 36.3 Å². The first kappa shape index (κ1) is 11.3. The van der Waals surface area contributed by atoms with Crippen molar-refractivity contribution < 1.29 is 9.21 Å². The summed E-state index contributed by atoms with van der Waals surface area (Å²) >= 11 is 8.74. The highest BCUT2D eigenvalue weighted by Crippen LogP contribution is 2.26. The van der Waals surface area contributed by atoms with Crippen LogP contribution in [-0.4, -0.2) is 11.1 Å².